The van der Waals surface area contributed by atoms with Gasteiger partial charge in [-0.05, 0) is 19.1 Å². The molecule has 0 spiro atoms. The van der Waals surface area contributed by atoms with Crippen LogP contribution in [0.15, 0.2) is 34.0 Å². The maximum Gasteiger partial charge on any atom is 0.431 e. The number of halogens is 5. The number of aromatic nitrogens is 3. The van der Waals surface area contributed by atoms with E-state index in [1.807, 2.05) is 0 Å². The van der Waals surface area contributed by atoms with Gasteiger partial charge < -0.3 is 4.74 Å². The normalized spacial score (nSPS) is 11.6. The fourth-order valence-electron chi connectivity index (χ4n) is 2.69. The Kier molecular flexibility index (Phi) is 6.05. The molecular weight excluding hydrogens is 466 g/mol. The first-order valence-electron chi connectivity index (χ1n) is 8.48. The standard InChI is InChI=1S/C18H12ClF4N3O4S/c1-3-30-16(28)12-7-24-15(31-12)8-4-11(10(20)5-9(8)19)26-14(27)6-13(18(21,22)23)25(2)17(26)29/h4-7H,3H2,1-2H3. The first-order chi connectivity index (χ1) is 14.5. The van der Waals surface area contributed by atoms with Crippen molar-refractivity contribution in [3.8, 4) is 16.3 Å². The molecule has 0 atom stereocenters. The lowest BCUT2D eigenvalue weighted by atomic mass is 10.2. The van der Waals surface area contributed by atoms with E-state index in [1.165, 1.54) is 6.20 Å². The highest BCUT2D eigenvalue weighted by Gasteiger charge is 2.35. The van der Waals surface area contributed by atoms with Crippen LogP contribution in [0.4, 0.5) is 17.6 Å². The van der Waals surface area contributed by atoms with Gasteiger partial charge in [0.25, 0.3) is 5.56 Å². The van der Waals surface area contributed by atoms with Crippen LogP contribution in [-0.2, 0) is 18.0 Å². The molecule has 0 radical (unpaired) electrons. The van der Waals surface area contributed by atoms with Gasteiger partial charge >= 0.3 is 17.8 Å². The van der Waals surface area contributed by atoms with Crippen molar-refractivity contribution in [3.63, 3.8) is 0 Å². The van der Waals surface area contributed by atoms with E-state index in [-0.39, 0.29) is 42.3 Å². The Labute approximate surface area is 180 Å². The molecule has 2 heterocycles. The number of rotatable bonds is 4. The highest BCUT2D eigenvalue weighted by molar-refractivity contribution is 7.16. The molecule has 0 bridgehead atoms. The SMILES string of the molecule is CCOC(=O)c1cnc(-c2cc(-n3c(=O)cc(C(F)(F)F)n(C)c3=O)c(F)cc2Cl)s1. The van der Waals surface area contributed by atoms with Gasteiger partial charge in [0.1, 0.15) is 21.4 Å². The minimum absolute atomic E-state index is 0.0625. The van der Waals surface area contributed by atoms with E-state index < -0.39 is 40.6 Å². The van der Waals surface area contributed by atoms with Gasteiger partial charge in [0.05, 0.1) is 23.5 Å². The van der Waals surface area contributed by atoms with Crippen molar-refractivity contribution < 1.29 is 27.1 Å². The summed E-state index contributed by atoms with van der Waals surface area (Å²) in [5.41, 5.74) is -4.82. The van der Waals surface area contributed by atoms with E-state index in [9.17, 15) is 31.9 Å². The Morgan fingerprint density at radius 1 is 1.26 bits per heavy atom. The van der Waals surface area contributed by atoms with Gasteiger partial charge in [-0.1, -0.05) is 11.6 Å². The number of thiazole rings is 1. The molecule has 2 aromatic heterocycles. The van der Waals surface area contributed by atoms with Crippen molar-refractivity contribution in [2.45, 2.75) is 13.1 Å². The van der Waals surface area contributed by atoms with Crippen molar-refractivity contribution in [2.24, 2.45) is 7.05 Å². The maximum atomic E-state index is 14.6. The lowest BCUT2D eigenvalue weighted by Gasteiger charge is -2.15. The van der Waals surface area contributed by atoms with Crippen LogP contribution in [0.2, 0.25) is 5.02 Å². The number of hydrogen-bond acceptors (Lipinski definition) is 6. The predicted octanol–water partition coefficient (Wildman–Crippen LogP) is 3.65. The number of hydrogen-bond donors (Lipinski definition) is 0. The van der Waals surface area contributed by atoms with E-state index in [2.05, 4.69) is 4.98 Å². The summed E-state index contributed by atoms with van der Waals surface area (Å²) in [6.45, 7) is 1.75. The average Bonchev–Trinajstić information content (AvgIpc) is 3.15. The van der Waals surface area contributed by atoms with Gasteiger partial charge in [0.15, 0.2) is 0 Å². The van der Waals surface area contributed by atoms with Crippen LogP contribution in [-0.4, -0.2) is 26.7 Å². The van der Waals surface area contributed by atoms with Gasteiger partial charge in [-0.3, -0.25) is 9.36 Å². The van der Waals surface area contributed by atoms with Gasteiger partial charge in [-0.15, -0.1) is 11.3 Å². The summed E-state index contributed by atoms with van der Waals surface area (Å²) in [7, 11) is 0.808. The van der Waals surface area contributed by atoms with E-state index >= 15 is 0 Å². The molecule has 0 amide bonds. The molecule has 0 aliphatic heterocycles. The Morgan fingerprint density at radius 3 is 2.55 bits per heavy atom. The van der Waals surface area contributed by atoms with Crippen molar-refractivity contribution >= 4 is 28.9 Å². The van der Waals surface area contributed by atoms with Crippen molar-refractivity contribution in [2.75, 3.05) is 6.61 Å². The fourth-order valence-corrected chi connectivity index (χ4v) is 3.82. The highest BCUT2D eigenvalue weighted by Crippen LogP contribution is 2.34. The van der Waals surface area contributed by atoms with Crippen LogP contribution >= 0.6 is 22.9 Å². The summed E-state index contributed by atoms with van der Waals surface area (Å²) in [5.74, 6) is -1.76. The molecule has 3 rings (SSSR count). The molecule has 0 aliphatic carbocycles. The second-order valence-corrected chi connectivity index (χ2v) is 7.51. The quantitative estimate of drug-likeness (QED) is 0.423. The third kappa shape index (κ3) is 4.26. The first kappa shape index (κ1) is 22.7. The van der Waals surface area contributed by atoms with E-state index in [0.29, 0.717) is 0 Å². The van der Waals surface area contributed by atoms with Gasteiger partial charge in [-0.2, -0.15) is 13.2 Å². The fraction of sp³-hybridized carbons (Fsp3) is 0.222. The number of alkyl halides is 3. The molecule has 3 aromatic rings. The summed E-state index contributed by atoms with van der Waals surface area (Å²) >= 11 is 6.92. The molecule has 31 heavy (non-hydrogen) atoms. The lowest BCUT2D eigenvalue weighted by molar-refractivity contribution is -0.144. The van der Waals surface area contributed by atoms with Gasteiger partial charge in [0.2, 0.25) is 0 Å². The molecule has 0 N–H and O–H groups in total. The summed E-state index contributed by atoms with van der Waals surface area (Å²) in [4.78, 5) is 40.7. The largest absolute Gasteiger partial charge is 0.462 e. The third-order valence-corrected chi connectivity index (χ3v) is 5.42. The van der Waals surface area contributed by atoms with Crippen molar-refractivity contribution in [3.05, 3.63) is 66.6 Å². The average molecular weight is 478 g/mol. The highest BCUT2D eigenvalue weighted by atomic mass is 35.5. The van der Waals surface area contributed by atoms with Crippen molar-refractivity contribution in [1.29, 1.82) is 0 Å². The summed E-state index contributed by atoms with van der Waals surface area (Å²) in [6.07, 6.45) is -3.75. The minimum Gasteiger partial charge on any atom is -0.462 e. The second kappa shape index (κ2) is 8.27. The zero-order valence-electron chi connectivity index (χ0n) is 15.8. The molecule has 0 fully saturated rings. The number of benzene rings is 1. The number of carbonyl (C=O) groups excluding carboxylic acids is 1. The predicted molar refractivity (Wildman–Crippen MR) is 104 cm³/mol. The number of carbonyl (C=O) groups is 1. The van der Waals surface area contributed by atoms with Gasteiger partial charge in [-0.25, -0.2) is 23.5 Å². The summed E-state index contributed by atoms with van der Waals surface area (Å²) < 4.78 is 59.0. The molecule has 1 aromatic carbocycles. The second-order valence-electron chi connectivity index (χ2n) is 6.08. The van der Waals surface area contributed by atoms with Crippen LogP contribution in [0.5, 0.6) is 0 Å². The van der Waals surface area contributed by atoms with Crippen LogP contribution in [0, 0.1) is 5.82 Å². The van der Waals surface area contributed by atoms with E-state index in [0.717, 1.165) is 30.5 Å². The van der Waals surface area contributed by atoms with Crippen molar-refractivity contribution in [1.82, 2.24) is 14.1 Å². The van der Waals surface area contributed by atoms with Crippen LogP contribution < -0.4 is 11.2 Å². The number of esters is 1. The molecule has 164 valence electrons. The lowest BCUT2D eigenvalue weighted by Crippen LogP contribution is -2.41. The maximum absolute atomic E-state index is 14.6. The summed E-state index contributed by atoms with van der Waals surface area (Å²) in [6, 6.07) is 1.99. The molecule has 0 saturated heterocycles. The summed E-state index contributed by atoms with van der Waals surface area (Å²) in [5, 5.41) is -0.00567. The molecular formula is C18H12ClF4N3O4S. The van der Waals surface area contributed by atoms with Crippen LogP contribution in [0.1, 0.15) is 22.3 Å². The molecule has 7 nitrogen and oxygen atoms in total. The van der Waals surface area contributed by atoms with E-state index in [4.69, 9.17) is 16.3 Å². The monoisotopic (exact) mass is 477 g/mol. The van der Waals surface area contributed by atoms with Gasteiger partial charge in [0, 0.05) is 18.7 Å². The third-order valence-electron chi connectivity index (χ3n) is 4.10. The molecule has 0 aliphatic rings. The smallest absolute Gasteiger partial charge is 0.431 e. The minimum atomic E-state index is -4.96. The Morgan fingerprint density at radius 2 is 1.94 bits per heavy atom. The van der Waals surface area contributed by atoms with Crippen LogP contribution in [0.3, 0.4) is 0 Å². The zero-order chi connectivity index (χ0) is 23.1. The molecule has 13 heteroatoms. The number of ether oxygens (including phenoxy) is 1. The number of nitrogens with zero attached hydrogens (tertiary/aromatic N) is 3. The molecule has 0 unspecified atom stereocenters. The van der Waals surface area contributed by atoms with Crippen LogP contribution in [0.25, 0.3) is 16.3 Å². The van der Waals surface area contributed by atoms with E-state index in [1.54, 1.807) is 6.92 Å². The first-order valence-corrected chi connectivity index (χ1v) is 9.68. The Bertz CT molecular complexity index is 1300. The Hall–Kier alpha value is -2.99. The molecule has 0 saturated carbocycles. The topological polar surface area (TPSA) is 83.2 Å². The zero-order valence-corrected chi connectivity index (χ0v) is 17.4. The Balaban J connectivity index is 2.20.